The van der Waals surface area contributed by atoms with Crippen LogP contribution in [0.4, 0.5) is 17.6 Å². The number of benzene rings is 1. The minimum Gasteiger partial charge on any atom is -0.306 e. The van der Waals surface area contributed by atoms with E-state index in [1.807, 2.05) is 0 Å². The first-order valence-corrected chi connectivity index (χ1v) is 5.88. The van der Waals surface area contributed by atoms with Crippen molar-refractivity contribution in [3.05, 3.63) is 34.1 Å². The Hall–Kier alpha value is -0.620. The molecule has 1 aromatic rings. The highest BCUT2D eigenvalue weighted by Crippen LogP contribution is 2.27. The van der Waals surface area contributed by atoms with E-state index in [1.165, 1.54) is 18.2 Å². The van der Waals surface area contributed by atoms with Crippen molar-refractivity contribution >= 4 is 15.9 Å². The lowest BCUT2D eigenvalue weighted by Gasteiger charge is -2.21. The van der Waals surface area contributed by atoms with E-state index in [-0.39, 0.29) is 17.4 Å². The van der Waals surface area contributed by atoms with E-state index in [1.54, 1.807) is 6.92 Å². The van der Waals surface area contributed by atoms with Gasteiger partial charge in [0.25, 0.3) is 0 Å². The minimum atomic E-state index is -4.35. The number of rotatable bonds is 4. The molecule has 0 aliphatic rings. The third kappa shape index (κ3) is 3.96. The summed E-state index contributed by atoms with van der Waals surface area (Å²) in [7, 11) is 0. The van der Waals surface area contributed by atoms with Crippen LogP contribution < -0.4 is 5.32 Å². The van der Waals surface area contributed by atoms with E-state index in [2.05, 4.69) is 21.2 Å². The monoisotopic (exact) mass is 313 g/mol. The Bertz CT molecular complexity index is 378. The Morgan fingerprint density at radius 2 is 2.00 bits per heavy atom. The molecule has 0 amide bonds. The van der Waals surface area contributed by atoms with Gasteiger partial charge in [0, 0.05) is 0 Å². The van der Waals surface area contributed by atoms with Crippen LogP contribution in [0.25, 0.3) is 0 Å². The fourth-order valence-electron chi connectivity index (χ4n) is 1.48. The van der Waals surface area contributed by atoms with Gasteiger partial charge in [0.15, 0.2) is 0 Å². The zero-order chi connectivity index (χ0) is 13.1. The highest BCUT2D eigenvalue weighted by molar-refractivity contribution is 9.10. The van der Waals surface area contributed by atoms with Crippen molar-refractivity contribution in [2.45, 2.75) is 25.6 Å². The van der Waals surface area contributed by atoms with Crippen molar-refractivity contribution in [2.24, 2.45) is 0 Å². The Labute approximate surface area is 105 Å². The van der Waals surface area contributed by atoms with Crippen LogP contribution in [0.15, 0.2) is 22.7 Å². The predicted molar refractivity (Wildman–Crippen MR) is 61.3 cm³/mol. The molecule has 0 aromatic heterocycles. The van der Waals surface area contributed by atoms with E-state index in [0.29, 0.717) is 5.56 Å². The lowest BCUT2D eigenvalue weighted by Crippen LogP contribution is -2.43. The molecular formula is C11H12BrF4N. The molecule has 1 aromatic carbocycles. The largest absolute Gasteiger partial charge is 0.404 e. The van der Waals surface area contributed by atoms with Crippen molar-refractivity contribution < 1.29 is 17.6 Å². The van der Waals surface area contributed by atoms with Crippen LogP contribution in [0.5, 0.6) is 0 Å². The summed E-state index contributed by atoms with van der Waals surface area (Å²) in [5.74, 6) is -0.556. The summed E-state index contributed by atoms with van der Waals surface area (Å²) in [6, 6.07) is 2.41. The third-order valence-corrected chi connectivity index (χ3v) is 3.19. The molecule has 0 saturated heterocycles. The molecule has 0 saturated carbocycles. The van der Waals surface area contributed by atoms with E-state index in [4.69, 9.17) is 0 Å². The van der Waals surface area contributed by atoms with Gasteiger partial charge in [-0.25, -0.2) is 4.39 Å². The highest BCUT2D eigenvalue weighted by atomic mass is 79.9. The molecule has 1 nitrogen and oxygen atoms in total. The standard InChI is InChI=1S/C11H12BrF4N/c1-2-17-9(11(14,15)16)6-7-4-3-5-8(13)10(7)12/h3-5,9,17H,2,6H2,1H3. The van der Waals surface area contributed by atoms with Gasteiger partial charge in [-0.3, -0.25) is 0 Å². The van der Waals surface area contributed by atoms with Gasteiger partial charge in [0.05, 0.1) is 4.47 Å². The molecule has 0 bridgehead atoms. The maximum Gasteiger partial charge on any atom is 0.404 e. The summed E-state index contributed by atoms with van der Waals surface area (Å²) in [6.45, 7) is 1.80. The van der Waals surface area contributed by atoms with Gasteiger partial charge in [0.1, 0.15) is 11.9 Å². The average Bonchev–Trinajstić information content (AvgIpc) is 2.22. The molecule has 6 heteroatoms. The Balaban J connectivity index is 2.90. The van der Waals surface area contributed by atoms with Gasteiger partial charge in [-0.05, 0) is 40.5 Å². The molecule has 96 valence electrons. The number of nitrogens with one attached hydrogen (secondary N) is 1. The van der Waals surface area contributed by atoms with Gasteiger partial charge >= 0.3 is 6.18 Å². The van der Waals surface area contributed by atoms with Gasteiger partial charge in [-0.1, -0.05) is 19.1 Å². The van der Waals surface area contributed by atoms with E-state index in [0.717, 1.165) is 0 Å². The quantitative estimate of drug-likeness (QED) is 0.836. The van der Waals surface area contributed by atoms with E-state index >= 15 is 0 Å². The first-order chi connectivity index (χ1) is 7.86. The van der Waals surface area contributed by atoms with Crippen molar-refractivity contribution in [1.82, 2.24) is 5.32 Å². The topological polar surface area (TPSA) is 12.0 Å². The van der Waals surface area contributed by atoms with Crippen molar-refractivity contribution in [2.75, 3.05) is 6.54 Å². The molecule has 1 unspecified atom stereocenters. The molecule has 0 aliphatic heterocycles. The van der Waals surface area contributed by atoms with Crippen molar-refractivity contribution in [3.8, 4) is 0 Å². The number of halogens is 5. The maximum absolute atomic E-state index is 13.2. The second-order valence-corrected chi connectivity index (χ2v) is 4.36. The Kier molecular flexibility index (Phi) is 4.94. The van der Waals surface area contributed by atoms with E-state index in [9.17, 15) is 17.6 Å². The highest BCUT2D eigenvalue weighted by Gasteiger charge is 2.39. The summed E-state index contributed by atoms with van der Waals surface area (Å²) in [6.07, 6.45) is -4.64. The maximum atomic E-state index is 13.2. The summed E-state index contributed by atoms with van der Waals surface area (Å²) < 4.78 is 51.2. The van der Waals surface area contributed by atoms with Crippen LogP contribution in [0.2, 0.25) is 0 Å². The normalized spacial score (nSPS) is 13.8. The summed E-state index contributed by atoms with van der Waals surface area (Å²) >= 11 is 2.96. The van der Waals surface area contributed by atoms with Crippen molar-refractivity contribution in [1.29, 1.82) is 0 Å². The molecule has 0 aliphatic carbocycles. The predicted octanol–water partition coefficient (Wildman–Crippen LogP) is 3.67. The minimum absolute atomic E-state index is 0.0900. The number of hydrogen-bond donors (Lipinski definition) is 1. The first kappa shape index (κ1) is 14.4. The van der Waals surface area contributed by atoms with Gasteiger partial charge < -0.3 is 5.32 Å². The Morgan fingerprint density at radius 1 is 1.35 bits per heavy atom. The van der Waals surface area contributed by atoms with Crippen LogP contribution in [-0.4, -0.2) is 18.8 Å². The molecule has 0 fully saturated rings. The smallest absolute Gasteiger partial charge is 0.306 e. The zero-order valence-corrected chi connectivity index (χ0v) is 10.7. The van der Waals surface area contributed by atoms with E-state index < -0.39 is 18.0 Å². The first-order valence-electron chi connectivity index (χ1n) is 5.09. The van der Waals surface area contributed by atoms with Crippen LogP contribution >= 0.6 is 15.9 Å². The lowest BCUT2D eigenvalue weighted by atomic mass is 10.1. The SMILES string of the molecule is CCNC(Cc1cccc(F)c1Br)C(F)(F)F. The summed E-state index contributed by atoms with van der Waals surface area (Å²) in [5, 5.41) is 2.35. The van der Waals surface area contributed by atoms with Crippen LogP contribution in [0.1, 0.15) is 12.5 Å². The Morgan fingerprint density at radius 3 is 2.53 bits per heavy atom. The van der Waals surface area contributed by atoms with Crippen LogP contribution in [0, 0.1) is 5.82 Å². The summed E-state index contributed by atoms with van der Waals surface area (Å²) in [5.41, 5.74) is 0.299. The summed E-state index contributed by atoms with van der Waals surface area (Å²) in [4.78, 5) is 0. The average molecular weight is 314 g/mol. The second-order valence-electron chi connectivity index (χ2n) is 3.57. The zero-order valence-electron chi connectivity index (χ0n) is 9.11. The molecular weight excluding hydrogens is 302 g/mol. The molecule has 1 atom stereocenters. The van der Waals surface area contributed by atoms with Crippen LogP contribution in [-0.2, 0) is 6.42 Å². The number of likely N-dealkylation sites (N-methyl/N-ethyl adjacent to an activating group) is 1. The number of alkyl halides is 3. The second kappa shape index (κ2) is 5.82. The van der Waals surface area contributed by atoms with Gasteiger partial charge in [0.2, 0.25) is 0 Å². The lowest BCUT2D eigenvalue weighted by molar-refractivity contribution is -0.155. The van der Waals surface area contributed by atoms with Gasteiger partial charge in [-0.15, -0.1) is 0 Å². The van der Waals surface area contributed by atoms with Crippen LogP contribution in [0.3, 0.4) is 0 Å². The molecule has 0 radical (unpaired) electrons. The van der Waals surface area contributed by atoms with Crippen molar-refractivity contribution in [3.63, 3.8) is 0 Å². The number of hydrogen-bond acceptors (Lipinski definition) is 1. The molecule has 0 heterocycles. The molecule has 17 heavy (non-hydrogen) atoms. The molecule has 1 N–H and O–H groups in total. The molecule has 0 spiro atoms. The fourth-order valence-corrected chi connectivity index (χ4v) is 1.90. The van der Waals surface area contributed by atoms with Gasteiger partial charge in [-0.2, -0.15) is 13.2 Å². The molecule has 1 rings (SSSR count). The fraction of sp³-hybridized carbons (Fsp3) is 0.455. The third-order valence-electron chi connectivity index (χ3n) is 2.30.